The van der Waals surface area contributed by atoms with Crippen LogP contribution in [0.25, 0.3) is 0 Å². The molecule has 11 fully saturated rings. The van der Waals surface area contributed by atoms with Crippen molar-refractivity contribution in [3.8, 4) is 0 Å². The maximum absolute atomic E-state index is 14.5. The quantitative estimate of drug-likeness (QED) is 0.0272. The summed E-state index contributed by atoms with van der Waals surface area (Å²) in [6.45, 7) is 2.05. The van der Waals surface area contributed by atoms with Gasteiger partial charge in [0.25, 0.3) is 0 Å². The number of carbonyl (C=O) groups excluding carboxylic acids is 1. The first-order valence-electron chi connectivity index (χ1n) is 34.3. The van der Waals surface area contributed by atoms with Crippen LogP contribution in [0.5, 0.6) is 0 Å². The van der Waals surface area contributed by atoms with Crippen LogP contribution < -0.4 is 0 Å². The Hall–Kier alpha value is -2.23. The fraction of sp³-hybridized carbons (Fsp3) is 0.952. The summed E-state index contributed by atoms with van der Waals surface area (Å²) in [7, 11) is 1.16. The summed E-state index contributed by atoms with van der Waals surface area (Å²) in [5, 5.41) is 240. The lowest BCUT2D eigenvalue weighted by atomic mass is 9.41. The standard InChI is InChI=1S/C63H102O38/c1-21-12-62-10-6-29-60(2,8-5-9-61(29,3)59(86)100-56-41(81)36(76)32(72)23(14-65)89-56)30(62)7-11-63(21,20-62)101-58-51(99-57-45(85)49(87-4)33(73)24(15-66)90-57)50(34(74)25(16-67)91-58)98-55-44(84)39(79)48(28(19-70)94-55)97-54-43(83)38(78)47(27(18-69)93-54)96-53-42(82)37(77)46(26(17-68)92-53)95-52-40(80)35(75)31(71)22(13-64)88-52/h22-58,64-85H,1,5-20H2,2-4H3/t22?,23?,24?,25?,26?,27?,28?,29?,30-,31?,32?,33?,34?,35?,36?,37?,38?,39?,40?,41?,42?,43?,44?,45?,46?,47?,48?,49?,50?,51?,52?,53?,54?,55?,56?,57?,58?,60+,61+,62+,63-/m0/s1. The smallest absolute Gasteiger partial charge is 0.314 e. The molecule has 582 valence electrons. The molecule has 101 heavy (non-hydrogen) atoms. The molecular weight excluding hydrogens is 1360 g/mol. The number of aliphatic hydroxyl groups excluding tert-OH is 22. The summed E-state index contributed by atoms with van der Waals surface area (Å²) in [6.07, 6.45) is -60.6. The molecule has 0 aromatic carbocycles. The predicted octanol–water partition coefficient (Wildman–Crippen LogP) is -11.0. The van der Waals surface area contributed by atoms with E-state index >= 15 is 0 Å². The zero-order chi connectivity index (χ0) is 73.4. The lowest BCUT2D eigenvalue weighted by Crippen LogP contribution is -2.69. The van der Waals surface area contributed by atoms with E-state index < -0.39 is 289 Å². The number of fused-ring (bicyclic) bond motifs is 3. The van der Waals surface area contributed by atoms with Crippen molar-refractivity contribution in [2.75, 3.05) is 53.4 Å². The van der Waals surface area contributed by atoms with Crippen molar-refractivity contribution >= 4 is 5.97 Å². The number of hydrogen-bond acceptors (Lipinski definition) is 38. The molecule has 7 aliphatic heterocycles. The van der Waals surface area contributed by atoms with Crippen molar-refractivity contribution in [1.82, 2.24) is 0 Å². The highest BCUT2D eigenvalue weighted by atomic mass is 16.8. The maximum atomic E-state index is 14.5. The van der Waals surface area contributed by atoms with E-state index in [9.17, 15) is 117 Å². The van der Waals surface area contributed by atoms with Crippen molar-refractivity contribution in [2.45, 2.75) is 292 Å². The number of carbonyl (C=O) groups is 1. The Morgan fingerprint density at radius 2 is 0.762 bits per heavy atom. The van der Waals surface area contributed by atoms with E-state index in [0.717, 1.165) is 7.11 Å². The number of aliphatic hydroxyl groups is 22. The van der Waals surface area contributed by atoms with Gasteiger partial charge < -0.3 is 183 Å². The molecule has 22 N–H and O–H groups in total. The molecule has 7 saturated heterocycles. The molecule has 41 atom stereocenters. The normalized spacial score (nSPS) is 54.0. The van der Waals surface area contributed by atoms with Gasteiger partial charge >= 0.3 is 5.97 Å². The molecule has 2 bridgehead atoms. The van der Waals surface area contributed by atoms with E-state index in [4.69, 9.17) is 71.1 Å². The highest BCUT2D eigenvalue weighted by Crippen LogP contribution is 2.74. The van der Waals surface area contributed by atoms with E-state index in [2.05, 4.69) is 13.5 Å². The predicted molar refractivity (Wildman–Crippen MR) is 322 cm³/mol. The van der Waals surface area contributed by atoms with Crippen LogP contribution in [0.1, 0.15) is 71.6 Å². The largest absolute Gasteiger partial charge is 0.432 e. The van der Waals surface area contributed by atoms with Crippen LogP contribution in [0.2, 0.25) is 0 Å². The minimum Gasteiger partial charge on any atom is -0.432 e. The minimum atomic E-state index is -2.27. The Morgan fingerprint density at radius 1 is 0.396 bits per heavy atom. The summed E-state index contributed by atoms with van der Waals surface area (Å²) >= 11 is 0. The number of methoxy groups -OCH3 is 1. The van der Waals surface area contributed by atoms with Gasteiger partial charge in [0.05, 0.1) is 57.3 Å². The Bertz CT molecular complexity index is 2740. The van der Waals surface area contributed by atoms with Crippen LogP contribution in [-0.4, -0.2) is 392 Å². The summed E-state index contributed by atoms with van der Waals surface area (Å²) in [5.74, 6) is -1.03. The van der Waals surface area contributed by atoms with Gasteiger partial charge in [-0.3, -0.25) is 4.79 Å². The maximum Gasteiger partial charge on any atom is 0.314 e. The third-order valence-electron chi connectivity index (χ3n) is 23.7. The van der Waals surface area contributed by atoms with E-state index in [1.165, 1.54) is 0 Å². The van der Waals surface area contributed by atoms with Crippen molar-refractivity contribution in [1.29, 1.82) is 0 Å². The van der Waals surface area contributed by atoms with Crippen molar-refractivity contribution in [3.05, 3.63) is 12.2 Å². The van der Waals surface area contributed by atoms with Gasteiger partial charge in [-0.2, -0.15) is 0 Å². The van der Waals surface area contributed by atoms with Crippen LogP contribution in [0, 0.1) is 28.1 Å². The van der Waals surface area contributed by atoms with Gasteiger partial charge in [-0.25, -0.2) is 0 Å². The highest BCUT2D eigenvalue weighted by molar-refractivity contribution is 5.77. The molecule has 36 unspecified atom stereocenters. The summed E-state index contributed by atoms with van der Waals surface area (Å²) in [5.41, 5.74) is -2.82. The van der Waals surface area contributed by atoms with Crippen LogP contribution in [0.15, 0.2) is 12.2 Å². The third kappa shape index (κ3) is 14.4. The number of rotatable bonds is 22. The number of hydrogen-bond donors (Lipinski definition) is 22. The third-order valence-corrected chi connectivity index (χ3v) is 23.7. The Morgan fingerprint density at radius 3 is 1.22 bits per heavy atom. The van der Waals surface area contributed by atoms with Crippen LogP contribution in [0.3, 0.4) is 0 Å². The molecule has 4 saturated carbocycles. The Balaban J connectivity index is 0.797. The van der Waals surface area contributed by atoms with E-state index in [1.807, 2.05) is 6.92 Å². The molecule has 0 aromatic rings. The van der Waals surface area contributed by atoms with Gasteiger partial charge in [0.2, 0.25) is 6.29 Å². The van der Waals surface area contributed by atoms with E-state index in [0.29, 0.717) is 56.9 Å². The zero-order valence-corrected chi connectivity index (χ0v) is 55.8. The Kier molecular flexibility index (Phi) is 25.1. The summed E-state index contributed by atoms with van der Waals surface area (Å²) in [4.78, 5) is 14.5. The monoisotopic (exact) mass is 1470 g/mol. The SMILES string of the molecule is C=C1C[C@@]23CCC4[C@](C)(C(=O)OC5OC(CO)C(O)C(O)C5O)CCC[C@@]4(C)[C@@H]2CC[C@]1(OC1OC(CO)C(O)C(OC2OC(CO)C(OC4OC(CO)C(OC5OC(CO)C(OC6OC(CO)C(O)C(O)C6O)C(O)C5O)C(O)C4O)C(O)C2O)C1OC1OC(CO)C(O)C(OC)C1O)C3. The topological polar surface area (TPSA) is 601 Å². The summed E-state index contributed by atoms with van der Waals surface area (Å²) in [6, 6.07) is 0. The fourth-order valence-corrected chi connectivity index (χ4v) is 18.2. The molecule has 1 spiro atoms. The number of ether oxygens (including phenoxy) is 15. The van der Waals surface area contributed by atoms with E-state index in [-0.39, 0.29) is 18.3 Å². The number of esters is 1. The van der Waals surface area contributed by atoms with Gasteiger partial charge in [0.15, 0.2) is 37.7 Å². The zero-order valence-electron chi connectivity index (χ0n) is 55.8. The lowest BCUT2D eigenvalue weighted by molar-refractivity contribution is -0.407. The first kappa shape index (κ1) is 79.8. The molecule has 4 aliphatic carbocycles. The van der Waals surface area contributed by atoms with Crippen molar-refractivity contribution in [3.63, 3.8) is 0 Å². The molecular formula is C63H102O38. The summed E-state index contributed by atoms with van der Waals surface area (Å²) < 4.78 is 89.2. The fourth-order valence-electron chi connectivity index (χ4n) is 18.2. The van der Waals surface area contributed by atoms with Gasteiger partial charge in [-0.1, -0.05) is 19.9 Å². The molecule has 11 aliphatic rings. The highest BCUT2D eigenvalue weighted by Gasteiger charge is 2.70. The second kappa shape index (κ2) is 31.8. The molecule has 11 rings (SSSR count). The Labute approximate surface area is 578 Å². The van der Waals surface area contributed by atoms with Gasteiger partial charge in [-0.05, 0) is 86.5 Å². The van der Waals surface area contributed by atoms with Crippen LogP contribution in [-0.2, 0) is 75.8 Å². The lowest BCUT2D eigenvalue weighted by Gasteiger charge is -2.64. The van der Waals surface area contributed by atoms with Gasteiger partial charge in [0.1, 0.15) is 171 Å². The second-order valence-corrected chi connectivity index (χ2v) is 29.4. The van der Waals surface area contributed by atoms with Gasteiger partial charge in [-0.15, -0.1) is 0 Å². The molecule has 38 nitrogen and oxygen atoms in total. The molecule has 0 aromatic heterocycles. The minimum absolute atomic E-state index is 0.0696. The average molecular weight is 1470 g/mol. The van der Waals surface area contributed by atoms with Gasteiger partial charge in [0, 0.05) is 7.11 Å². The van der Waals surface area contributed by atoms with Crippen molar-refractivity contribution in [2.24, 2.45) is 28.1 Å². The first-order valence-corrected chi connectivity index (χ1v) is 34.3. The van der Waals surface area contributed by atoms with Crippen LogP contribution in [0.4, 0.5) is 0 Å². The molecule has 0 radical (unpaired) electrons. The molecule has 38 heteroatoms. The van der Waals surface area contributed by atoms with Crippen LogP contribution >= 0.6 is 0 Å². The van der Waals surface area contributed by atoms with Crippen molar-refractivity contribution < 1.29 is 188 Å². The first-order chi connectivity index (χ1) is 47.9. The second-order valence-electron chi connectivity index (χ2n) is 29.4. The molecule has 7 heterocycles. The average Bonchev–Trinajstić information content (AvgIpc) is 1.59. The van der Waals surface area contributed by atoms with E-state index in [1.54, 1.807) is 0 Å². The molecule has 0 amide bonds.